The summed E-state index contributed by atoms with van der Waals surface area (Å²) in [6.45, 7) is 11.5. The normalized spacial score (nSPS) is 27.8. The monoisotopic (exact) mass is 196 g/mol. The lowest BCUT2D eigenvalue weighted by atomic mass is 9.58. The van der Waals surface area contributed by atoms with Gasteiger partial charge in [-0.25, -0.2) is 0 Å². The third-order valence-corrected chi connectivity index (χ3v) is 4.28. The second-order valence-corrected chi connectivity index (χ2v) is 6.13. The molecule has 1 nitrogen and oxygen atoms in total. The fraction of sp³-hybridized carbons (Fsp3) is 0.923. The molecule has 0 aromatic heterocycles. The van der Waals surface area contributed by atoms with E-state index in [-0.39, 0.29) is 0 Å². The molecule has 82 valence electrons. The van der Waals surface area contributed by atoms with Crippen LogP contribution >= 0.6 is 0 Å². The molecule has 0 bridgehead atoms. The highest BCUT2D eigenvalue weighted by atomic mass is 16.1. The first-order valence-corrected chi connectivity index (χ1v) is 5.81. The Kier molecular flexibility index (Phi) is 3.08. The molecule has 0 aliphatic heterocycles. The SMILES string of the molecule is CCC(C)(C)C1CC(=O)CCC1(C)C. The van der Waals surface area contributed by atoms with Crippen LogP contribution in [-0.2, 0) is 4.79 Å². The standard InChI is InChI=1S/C13H24O/c1-6-12(2,3)11-9-10(14)7-8-13(11,4)5/h11H,6-9H2,1-5H3. The fourth-order valence-corrected chi connectivity index (χ4v) is 2.82. The summed E-state index contributed by atoms with van der Waals surface area (Å²) in [5.74, 6) is 1.03. The van der Waals surface area contributed by atoms with Gasteiger partial charge < -0.3 is 0 Å². The maximum absolute atomic E-state index is 11.5. The second kappa shape index (κ2) is 3.67. The van der Waals surface area contributed by atoms with Gasteiger partial charge in [-0.05, 0) is 23.2 Å². The van der Waals surface area contributed by atoms with Crippen LogP contribution in [0.1, 0.15) is 60.3 Å². The largest absolute Gasteiger partial charge is 0.300 e. The molecule has 0 amide bonds. The molecule has 0 heterocycles. The summed E-state index contributed by atoms with van der Waals surface area (Å²) < 4.78 is 0. The van der Waals surface area contributed by atoms with Crippen LogP contribution in [0, 0.1) is 16.7 Å². The van der Waals surface area contributed by atoms with Crippen molar-refractivity contribution in [3.8, 4) is 0 Å². The zero-order chi connectivity index (χ0) is 11.0. The van der Waals surface area contributed by atoms with E-state index in [4.69, 9.17) is 0 Å². The first kappa shape index (κ1) is 11.7. The van der Waals surface area contributed by atoms with E-state index in [1.165, 1.54) is 0 Å². The van der Waals surface area contributed by atoms with Gasteiger partial charge in [0.1, 0.15) is 5.78 Å². The van der Waals surface area contributed by atoms with Crippen molar-refractivity contribution in [2.45, 2.75) is 60.3 Å². The molecule has 0 radical (unpaired) electrons. The number of ketones is 1. The Morgan fingerprint density at radius 3 is 2.50 bits per heavy atom. The molecule has 0 aromatic rings. The van der Waals surface area contributed by atoms with Crippen molar-refractivity contribution in [3.05, 3.63) is 0 Å². The molecule has 1 saturated carbocycles. The van der Waals surface area contributed by atoms with Gasteiger partial charge in [-0.15, -0.1) is 0 Å². The van der Waals surface area contributed by atoms with Crippen molar-refractivity contribution in [2.75, 3.05) is 0 Å². The summed E-state index contributed by atoms with van der Waals surface area (Å²) in [5, 5.41) is 0. The van der Waals surface area contributed by atoms with Gasteiger partial charge in [0.25, 0.3) is 0 Å². The topological polar surface area (TPSA) is 17.1 Å². The second-order valence-electron chi connectivity index (χ2n) is 6.13. The van der Waals surface area contributed by atoms with Crippen LogP contribution in [0.2, 0.25) is 0 Å². The van der Waals surface area contributed by atoms with E-state index >= 15 is 0 Å². The average Bonchev–Trinajstić information content (AvgIpc) is 2.09. The summed E-state index contributed by atoms with van der Waals surface area (Å²) >= 11 is 0. The molecule has 14 heavy (non-hydrogen) atoms. The van der Waals surface area contributed by atoms with Crippen LogP contribution in [0.3, 0.4) is 0 Å². The molecule has 1 heteroatoms. The van der Waals surface area contributed by atoms with Gasteiger partial charge in [0.2, 0.25) is 0 Å². The van der Waals surface area contributed by atoms with E-state index < -0.39 is 0 Å². The summed E-state index contributed by atoms with van der Waals surface area (Å²) in [6.07, 6.45) is 3.82. The molecule has 0 spiro atoms. The molecule has 1 fully saturated rings. The summed E-state index contributed by atoms with van der Waals surface area (Å²) in [7, 11) is 0. The number of carbonyl (C=O) groups is 1. The third-order valence-electron chi connectivity index (χ3n) is 4.28. The highest BCUT2D eigenvalue weighted by molar-refractivity contribution is 5.79. The van der Waals surface area contributed by atoms with Gasteiger partial charge in [0.15, 0.2) is 0 Å². The average molecular weight is 196 g/mol. The van der Waals surface area contributed by atoms with Crippen LogP contribution in [0.25, 0.3) is 0 Å². The van der Waals surface area contributed by atoms with Crippen molar-refractivity contribution in [1.29, 1.82) is 0 Å². The van der Waals surface area contributed by atoms with Crippen LogP contribution in [0.15, 0.2) is 0 Å². The van der Waals surface area contributed by atoms with Crippen LogP contribution < -0.4 is 0 Å². The smallest absolute Gasteiger partial charge is 0.133 e. The predicted molar refractivity (Wildman–Crippen MR) is 60.2 cm³/mol. The van der Waals surface area contributed by atoms with Gasteiger partial charge in [-0.2, -0.15) is 0 Å². The maximum atomic E-state index is 11.5. The van der Waals surface area contributed by atoms with E-state index in [9.17, 15) is 4.79 Å². The maximum Gasteiger partial charge on any atom is 0.133 e. The quantitative estimate of drug-likeness (QED) is 0.656. The van der Waals surface area contributed by atoms with E-state index in [2.05, 4.69) is 34.6 Å². The number of hydrogen-bond acceptors (Lipinski definition) is 1. The molecule has 0 saturated heterocycles. The van der Waals surface area contributed by atoms with Crippen molar-refractivity contribution in [1.82, 2.24) is 0 Å². The van der Waals surface area contributed by atoms with Crippen LogP contribution in [0.4, 0.5) is 0 Å². The highest BCUT2D eigenvalue weighted by Crippen LogP contribution is 2.49. The Morgan fingerprint density at radius 2 is 2.00 bits per heavy atom. The molecular weight excluding hydrogens is 172 g/mol. The lowest BCUT2D eigenvalue weighted by Gasteiger charge is -2.47. The van der Waals surface area contributed by atoms with Gasteiger partial charge >= 0.3 is 0 Å². The first-order valence-electron chi connectivity index (χ1n) is 5.81. The molecule has 1 unspecified atom stereocenters. The molecule has 0 aromatic carbocycles. The Balaban J connectivity index is 2.87. The molecule has 1 aliphatic rings. The lowest BCUT2D eigenvalue weighted by Crippen LogP contribution is -2.41. The van der Waals surface area contributed by atoms with Gasteiger partial charge in [0, 0.05) is 12.8 Å². The van der Waals surface area contributed by atoms with Gasteiger partial charge in [-0.1, -0.05) is 41.0 Å². The van der Waals surface area contributed by atoms with E-state index in [0.29, 0.717) is 22.5 Å². The van der Waals surface area contributed by atoms with Crippen molar-refractivity contribution in [3.63, 3.8) is 0 Å². The molecule has 1 aliphatic carbocycles. The predicted octanol–water partition coefficient (Wildman–Crippen LogP) is 3.82. The molecule has 1 rings (SSSR count). The third kappa shape index (κ3) is 2.18. The highest BCUT2D eigenvalue weighted by Gasteiger charge is 2.43. The van der Waals surface area contributed by atoms with Crippen LogP contribution in [-0.4, -0.2) is 5.78 Å². The molecular formula is C13H24O. The summed E-state index contributed by atoms with van der Waals surface area (Å²) in [4.78, 5) is 11.5. The number of Topliss-reactive ketones (excluding diaryl/α,β-unsaturated/α-hetero) is 1. The fourth-order valence-electron chi connectivity index (χ4n) is 2.82. The summed E-state index contributed by atoms with van der Waals surface area (Å²) in [5.41, 5.74) is 0.646. The Hall–Kier alpha value is -0.330. The Morgan fingerprint density at radius 1 is 1.43 bits per heavy atom. The number of hydrogen-bond donors (Lipinski definition) is 0. The zero-order valence-corrected chi connectivity index (χ0v) is 10.3. The van der Waals surface area contributed by atoms with Gasteiger partial charge in [0.05, 0.1) is 0 Å². The molecule has 0 N–H and O–H groups in total. The lowest BCUT2D eigenvalue weighted by molar-refractivity contribution is -0.127. The number of carbonyl (C=O) groups excluding carboxylic acids is 1. The van der Waals surface area contributed by atoms with E-state index in [0.717, 1.165) is 25.7 Å². The zero-order valence-electron chi connectivity index (χ0n) is 10.3. The van der Waals surface area contributed by atoms with Gasteiger partial charge in [-0.3, -0.25) is 4.79 Å². The Bertz CT molecular complexity index is 217. The summed E-state index contributed by atoms with van der Waals surface area (Å²) in [6, 6.07) is 0. The minimum absolute atomic E-state index is 0.305. The molecule has 1 atom stereocenters. The number of rotatable bonds is 2. The van der Waals surface area contributed by atoms with Crippen molar-refractivity contribution in [2.24, 2.45) is 16.7 Å². The minimum atomic E-state index is 0.305. The van der Waals surface area contributed by atoms with Crippen LogP contribution in [0.5, 0.6) is 0 Å². The first-order chi connectivity index (χ1) is 6.29. The van der Waals surface area contributed by atoms with E-state index in [1.807, 2.05) is 0 Å². The van der Waals surface area contributed by atoms with Crippen molar-refractivity contribution >= 4 is 5.78 Å². The minimum Gasteiger partial charge on any atom is -0.300 e. The Labute approximate surface area is 88.3 Å². The van der Waals surface area contributed by atoms with Crippen molar-refractivity contribution < 1.29 is 4.79 Å². The van der Waals surface area contributed by atoms with E-state index in [1.54, 1.807) is 0 Å².